The molecule has 0 aliphatic rings. The van der Waals surface area contributed by atoms with Gasteiger partial charge in [-0.2, -0.15) is 0 Å². The summed E-state index contributed by atoms with van der Waals surface area (Å²) in [6, 6.07) is 12.5. The number of amides is 1. The molecule has 0 saturated carbocycles. The number of hydrogen-bond acceptors (Lipinski definition) is 4. The highest BCUT2D eigenvalue weighted by Gasteiger charge is 2.22. The van der Waals surface area contributed by atoms with Gasteiger partial charge in [-0.25, -0.2) is 4.98 Å². The Kier molecular flexibility index (Phi) is 5.33. The van der Waals surface area contributed by atoms with E-state index in [-0.39, 0.29) is 11.8 Å². The van der Waals surface area contributed by atoms with Crippen molar-refractivity contribution in [3.05, 3.63) is 74.0 Å². The second-order valence-electron chi connectivity index (χ2n) is 7.19. The molecule has 0 saturated heterocycles. The molecule has 2 N–H and O–H groups in total. The minimum atomic E-state index is -0.0386. The maximum atomic E-state index is 12.9. The number of para-hydroxylation sites is 1. The second kappa shape index (κ2) is 7.89. The molecule has 4 rings (SSSR count). The number of hydrogen-bond donors (Lipinski definition) is 2. The Labute approximate surface area is 172 Å². The van der Waals surface area contributed by atoms with Crippen molar-refractivity contribution in [3.63, 3.8) is 0 Å². The third-order valence-electron chi connectivity index (χ3n) is 4.86. The molecular weight excluding hydrogens is 386 g/mol. The Hall–Kier alpha value is -2.44. The third-order valence-corrected chi connectivity index (χ3v) is 7.31. The normalized spacial score (nSPS) is 12.6. The average molecular weight is 410 g/mol. The molecular formula is C22H23N3OS2. The van der Waals surface area contributed by atoms with Crippen LogP contribution in [0.4, 0.5) is 0 Å². The van der Waals surface area contributed by atoms with Gasteiger partial charge in [-0.1, -0.05) is 38.1 Å². The van der Waals surface area contributed by atoms with Crippen LogP contribution in [0.2, 0.25) is 0 Å². The maximum absolute atomic E-state index is 12.9. The zero-order chi connectivity index (χ0) is 19.7. The van der Waals surface area contributed by atoms with Crippen molar-refractivity contribution in [2.75, 3.05) is 6.54 Å². The van der Waals surface area contributed by atoms with Crippen molar-refractivity contribution in [1.82, 2.24) is 15.3 Å². The van der Waals surface area contributed by atoms with E-state index in [1.165, 1.54) is 27.2 Å². The van der Waals surface area contributed by atoms with E-state index in [1.54, 1.807) is 11.3 Å². The fourth-order valence-electron chi connectivity index (χ4n) is 3.39. The average Bonchev–Trinajstić information content (AvgIpc) is 3.42. The van der Waals surface area contributed by atoms with Gasteiger partial charge in [-0.05, 0) is 30.0 Å². The number of fused-ring (bicyclic) bond motifs is 1. The summed E-state index contributed by atoms with van der Waals surface area (Å²) in [5, 5.41) is 7.45. The number of aromatic amines is 1. The van der Waals surface area contributed by atoms with Crippen LogP contribution in [0.25, 0.3) is 10.9 Å². The molecule has 144 valence electrons. The number of aromatic nitrogens is 2. The summed E-state index contributed by atoms with van der Waals surface area (Å²) < 4.78 is 0. The number of nitrogens with zero attached hydrogens (tertiary/aromatic N) is 1. The largest absolute Gasteiger partial charge is 0.361 e. The van der Waals surface area contributed by atoms with Gasteiger partial charge in [0.25, 0.3) is 5.91 Å². The van der Waals surface area contributed by atoms with Crippen molar-refractivity contribution in [2.45, 2.75) is 32.6 Å². The van der Waals surface area contributed by atoms with Gasteiger partial charge in [-0.3, -0.25) is 4.79 Å². The lowest BCUT2D eigenvalue weighted by Gasteiger charge is -2.16. The zero-order valence-corrected chi connectivity index (χ0v) is 17.8. The van der Waals surface area contributed by atoms with Gasteiger partial charge >= 0.3 is 0 Å². The summed E-state index contributed by atoms with van der Waals surface area (Å²) >= 11 is 3.22. The minimum absolute atomic E-state index is 0.0386. The fraction of sp³-hybridized carbons (Fsp3) is 0.273. The predicted octanol–water partition coefficient (Wildman–Crippen LogP) is 5.68. The summed E-state index contributed by atoms with van der Waals surface area (Å²) in [5.41, 5.74) is 3.14. The SMILES string of the molecule is Cc1nc(C(C)C)sc1C(=O)NCC(c1cccs1)c1c[nH]c2ccccc12. The molecule has 6 heteroatoms. The molecule has 0 aliphatic carbocycles. The van der Waals surface area contributed by atoms with E-state index in [4.69, 9.17) is 0 Å². The van der Waals surface area contributed by atoms with Crippen LogP contribution < -0.4 is 5.32 Å². The highest BCUT2D eigenvalue weighted by Crippen LogP contribution is 2.33. The molecule has 0 aliphatic heterocycles. The number of aryl methyl sites for hydroxylation is 1. The Balaban J connectivity index is 1.60. The van der Waals surface area contributed by atoms with E-state index in [1.807, 2.05) is 13.0 Å². The van der Waals surface area contributed by atoms with Gasteiger partial charge in [0, 0.05) is 40.4 Å². The molecule has 28 heavy (non-hydrogen) atoms. The molecule has 3 heterocycles. The first-order valence-electron chi connectivity index (χ1n) is 9.39. The number of H-pyrrole nitrogens is 1. The van der Waals surface area contributed by atoms with Gasteiger partial charge < -0.3 is 10.3 Å². The van der Waals surface area contributed by atoms with Crippen LogP contribution in [0.3, 0.4) is 0 Å². The Morgan fingerprint density at radius 3 is 2.75 bits per heavy atom. The van der Waals surface area contributed by atoms with Crippen LogP contribution in [0.1, 0.15) is 56.5 Å². The Morgan fingerprint density at radius 1 is 1.21 bits per heavy atom. The molecule has 0 spiro atoms. The van der Waals surface area contributed by atoms with E-state index in [0.29, 0.717) is 17.3 Å². The lowest BCUT2D eigenvalue weighted by atomic mass is 9.96. The summed E-state index contributed by atoms with van der Waals surface area (Å²) in [6.07, 6.45) is 2.07. The summed E-state index contributed by atoms with van der Waals surface area (Å²) in [6.45, 7) is 6.66. The van der Waals surface area contributed by atoms with Gasteiger partial charge in [0.05, 0.1) is 10.7 Å². The molecule has 1 amide bonds. The maximum Gasteiger partial charge on any atom is 0.263 e. The molecule has 4 nitrogen and oxygen atoms in total. The minimum Gasteiger partial charge on any atom is -0.361 e. The van der Waals surface area contributed by atoms with E-state index >= 15 is 0 Å². The smallest absolute Gasteiger partial charge is 0.263 e. The topological polar surface area (TPSA) is 57.8 Å². The van der Waals surface area contributed by atoms with Crippen LogP contribution in [-0.4, -0.2) is 22.4 Å². The van der Waals surface area contributed by atoms with Gasteiger partial charge in [-0.15, -0.1) is 22.7 Å². The summed E-state index contributed by atoms with van der Waals surface area (Å²) in [5.74, 6) is 0.400. The predicted molar refractivity (Wildman–Crippen MR) is 118 cm³/mol. The molecule has 1 atom stereocenters. The van der Waals surface area contributed by atoms with Gasteiger partial charge in [0.2, 0.25) is 0 Å². The van der Waals surface area contributed by atoms with Gasteiger partial charge in [0.1, 0.15) is 4.88 Å². The van der Waals surface area contributed by atoms with Crippen molar-refractivity contribution in [1.29, 1.82) is 0 Å². The quantitative estimate of drug-likeness (QED) is 0.430. The lowest BCUT2D eigenvalue weighted by Crippen LogP contribution is -2.28. The summed E-state index contributed by atoms with van der Waals surface area (Å²) in [4.78, 5) is 22.7. The Bertz CT molecular complexity index is 1090. The third kappa shape index (κ3) is 3.62. The fourth-order valence-corrected chi connectivity index (χ4v) is 5.22. The standard InChI is InChI=1S/C22H23N3OS2/c1-13(2)22-25-14(3)20(28-22)21(26)24-12-17(19-9-6-10-27-19)16-11-23-18-8-5-4-7-15(16)18/h4-11,13,17,23H,12H2,1-3H3,(H,24,26). The van der Waals surface area contributed by atoms with Crippen LogP contribution in [0, 0.1) is 6.92 Å². The molecule has 0 radical (unpaired) electrons. The lowest BCUT2D eigenvalue weighted by molar-refractivity contribution is 0.0956. The van der Waals surface area contributed by atoms with Crippen LogP contribution in [0.5, 0.6) is 0 Å². The first-order chi connectivity index (χ1) is 13.5. The number of thiophene rings is 1. The number of rotatable bonds is 6. The van der Waals surface area contributed by atoms with E-state index < -0.39 is 0 Å². The van der Waals surface area contributed by atoms with E-state index in [2.05, 4.69) is 71.0 Å². The highest BCUT2D eigenvalue weighted by atomic mass is 32.1. The van der Waals surface area contributed by atoms with Crippen molar-refractivity contribution >= 4 is 39.5 Å². The number of carbonyl (C=O) groups is 1. The van der Waals surface area contributed by atoms with E-state index in [0.717, 1.165) is 16.2 Å². The van der Waals surface area contributed by atoms with Gasteiger partial charge in [0.15, 0.2) is 0 Å². The van der Waals surface area contributed by atoms with E-state index in [9.17, 15) is 4.79 Å². The second-order valence-corrected chi connectivity index (χ2v) is 9.20. The van der Waals surface area contributed by atoms with Crippen molar-refractivity contribution in [3.8, 4) is 0 Å². The van der Waals surface area contributed by atoms with Crippen LogP contribution >= 0.6 is 22.7 Å². The molecule has 4 aromatic rings. The Morgan fingerprint density at radius 2 is 2.04 bits per heavy atom. The van der Waals surface area contributed by atoms with Crippen molar-refractivity contribution < 1.29 is 4.79 Å². The molecule has 1 aromatic carbocycles. The monoisotopic (exact) mass is 409 g/mol. The molecule has 0 fully saturated rings. The first-order valence-corrected chi connectivity index (χ1v) is 11.1. The summed E-state index contributed by atoms with van der Waals surface area (Å²) in [7, 11) is 0. The van der Waals surface area contributed by atoms with Crippen LogP contribution in [-0.2, 0) is 0 Å². The molecule has 3 aromatic heterocycles. The number of carbonyl (C=O) groups excluding carboxylic acids is 1. The van der Waals surface area contributed by atoms with Crippen molar-refractivity contribution in [2.24, 2.45) is 0 Å². The number of benzene rings is 1. The highest BCUT2D eigenvalue weighted by molar-refractivity contribution is 7.13. The van der Waals surface area contributed by atoms with Crippen LogP contribution in [0.15, 0.2) is 48.0 Å². The number of nitrogens with one attached hydrogen (secondary N) is 2. The molecule has 0 bridgehead atoms. The molecule has 1 unspecified atom stereocenters. The number of thiazole rings is 1. The zero-order valence-electron chi connectivity index (χ0n) is 16.2. The first kappa shape index (κ1) is 18.9.